The predicted octanol–water partition coefficient (Wildman–Crippen LogP) is 1.35. The topological polar surface area (TPSA) is 88.4 Å². The Morgan fingerprint density at radius 1 is 0.964 bits per heavy atom. The summed E-state index contributed by atoms with van der Waals surface area (Å²) < 4.78 is 3.00. The normalized spacial score (nSPS) is 10.7. The Labute approximate surface area is 162 Å². The number of hydrazine groups is 1. The Hall–Kier alpha value is -3.55. The molecule has 0 aliphatic rings. The van der Waals surface area contributed by atoms with Crippen LogP contribution in [0.3, 0.4) is 0 Å². The van der Waals surface area contributed by atoms with Gasteiger partial charge in [0, 0.05) is 31.9 Å². The first kappa shape index (κ1) is 19.2. The Kier molecular flexibility index (Phi) is 5.49. The van der Waals surface area contributed by atoms with Crippen LogP contribution in [0.5, 0.6) is 0 Å². The summed E-state index contributed by atoms with van der Waals surface area (Å²) in [6, 6.07) is 14.3. The van der Waals surface area contributed by atoms with Gasteiger partial charge in [-0.3, -0.25) is 29.6 Å². The van der Waals surface area contributed by atoms with Gasteiger partial charge < -0.3 is 4.90 Å². The van der Waals surface area contributed by atoms with E-state index in [9.17, 15) is 14.4 Å². The van der Waals surface area contributed by atoms with Crippen LogP contribution in [0.25, 0.3) is 11.0 Å². The molecule has 3 aromatic rings. The molecule has 0 aliphatic heterocycles. The van der Waals surface area contributed by atoms with E-state index in [1.807, 2.05) is 50.2 Å². The lowest BCUT2D eigenvalue weighted by atomic mass is 10.2. The molecule has 0 unspecified atom stereocenters. The Morgan fingerprint density at radius 3 is 2.29 bits per heavy atom. The second kappa shape index (κ2) is 7.99. The van der Waals surface area contributed by atoms with Crippen LogP contribution in [0.4, 0.5) is 5.69 Å². The highest BCUT2D eigenvalue weighted by atomic mass is 16.2. The van der Waals surface area contributed by atoms with E-state index in [0.29, 0.717) is 17.6 Å². The van der Waals surface area contributed by atoms with E-state index in [2.05, 4.69) is 10.9 Å². The molecule has 0 saturated carbocycles. The first-order valence-electron chi connectivity index (χ1n) is 8.97. The molecule has 0 aliphatic carbocycles. The van der Waals surface area contributed by atoms with Crippen LogP contribution in [-0.2, 0) is 17.9 Å². The van der Waals surface area contributed by atoms with Crippen molar-refractivity contribution in [2.24, 2.45) is 0 Å². The van der Waals surface area contributed by atoms with Gasteiger partial charge in [-0.05, 0) is 37.3 Å². The minimum absolute atomic E-state index is 0.190. The molecule has 8 heteroatoms. The number of carbonyl (C=O) groups excluding carboxylic acids is 2. The highest BCUT2D eigenvalue weighted by molar-refractivity contribution is 5.96. The number of anilines is 1. The van der Waals surface area contributed by atoms with E-state index < -0.39 is 11.8 Å². The number of amides is 2. The SMILES string of the molecule is CCn1c(=O)n(CC(=O)NNC(=O)c2cccc(N(C)C)c2)c2ccccc21. The van der Waals surface area contributed by atoms with Gasteiger partial charge in [0.2, 0.25) is 0 Å². The number of nitrogens with zero attached hydrogens (tertiary/aromatic N) is 3. The molecule has 0 bridgehead atoms. The molecule has 1 aromatic heterocycles. The number of aryl methyl sites for hydroxylation is 1. The molecule has 146 valence electrons. The van der Waals surface area contributed by atoms with Gasteiger partial charge in [0.25, 0.3) is 11.8 Å². The molecule has 0 fully saturated rings. The number of benzene rings is 2. The fourth-order valence-corrected chi connectivity index (χ4v) is 3.04. The fourth-order valence-electron chi connectivity index (χ4n) is 3.04. The molecule has 2 amide bonds. The standard InChI is InChI=1S/C20H23N5O3/c1-4-24-16-10-5-6-11-17(16)25(20(24)28)13-18(26)21-22-19(27)14-8-7-9-15(12-14)23(2)3/h5-12H,4,13H2,1-3H3,(H,21,26)(H,22,27). The van der Waals surface area contributed by atoms with Crippen molar-refractivity contribution in [3.05, 3.63) is 64.6 Å². The number of hydrogen-bond acceptors (Lipinski definition) is 4. The molecule has 1 heterocycles. The zero-order valence-electron chi connectivity index (χ0n) is 16.1. The maximum atomic E-state index is 12.6. The molecule has 0 saturated heterocycles. The Bertz CT molecular complexity index is 1080. The summed E-state index contributed by atoms with van der Waals surface area (Å²) in [5.74, 6) is -0.918. The number of rotatable bonds is 5. The van der Waals surface area contributed by atoms with Crippen LogP contribution < -0.4 is 21.4 Å². The van der Waals surface area contributed by atoms with Crippen molar-refractivity contribution < 1.29 is 9.59 Å². The summed E-state index contributed by atoms with van der Waals surface area (Å²) in [4.78, 5) is 39.1. The third kappa shape index (κ3) is 3.75. The zero-order chi connectivity index (χ0) is 20.3. The summed E-state index contributed by atoms with van der Waals surface area (Å²) in [7, 11) is 3.76. The maximum absolute atomic E-state index is 12.6. The molecular weight excluding hydrogens is 358 g/mol. The zero-order valence-corrected chi connectivity index (χ0v) is 16.1. The summed E-state index contributed by atoms with van der Waals surface area (Å²) in [6.45, 7) is 2.19. The van der Waals surface area contributed by atoms with Crippen LogP contribution in [-0.4, -0.2) is 35.0 Å². The van der Waals surface area contributed by atoms with Crippen LogP contribution in [0.2, 0.25) is 0 Å². The number of carbonyl (C=O) groups is 2. The highest BCUT2D eigenvalue weighted by Crippen LogP contribution is 2.13. The quantitative estimate of drug-likeness (QED) is 0.653. The van der Waals surface area contributed by atoms with Crippen molar-refractivity contribution >= 4 is 28.5 Å². The maximum Gasteiger partial charge on any atom is 0.329 e. The minimum atomic E-state index is -0.488. The van der Waals surface area contributed by atoms with Gasteiger partial charge >= 0.3 is 5.69 Å². The van der Waals surface area contributed by atoms with Crippen molar-refractivity contribution in [2.45, 2.75) is 20.0 Å². The average molecular weight is 381 g/mol. The van der Waals surface area contributed by atoms with Gasteiger partial charge in [0.1, 0.15) is 6.54 Å². The van der Waals surface area contributed by atoms with Crippen LogP contribution in [0.1, 0.15) is 17.3 Å². The molecule has 0 radical (unpaired) electrons. The molecular formula is C20H23N5O3. The number of para-hydroxylation sites is 2. The molecule has 2 N–H and O–H groups in total. The van der Waals surface area contributed by atoms with E-state index in [1.54, 1.807) is 28.8 Å². The predicted molar refractivity (Wildman–Crippen MR) is 108 cm³/mol. The lowest BCUT2D eigenvalue weighted by Gasteiger charge is -2.13. The second-order valence-electron chi connectivity index (χ2n) is 6.55. The van der Waals surface area contributed by atoms with E-state index in [1.165, 1.54) is 4.57 Å². The van der Waals surface area contributed by atoms with Gasteiger partial charge in [-0.2, -0.15) is 0 Å². The van der Waals surface area contributed by atoms with Gasteiger partial charge in [-0.15, -0.1) is 0 Å². The molecule has 8 nitrogen and oxygen atoms in total. The van der Waals surface area contributed by atoms with Gasteiger partial charge in [-0.25, -0.2) is 4.79 Å². The molecule has 0 spiro atoms. The number of imidazole rings is 1. The lowest BCUT2D eigenvalue weighted by Crippen LogP contribution is -2.44. The summed E-state index contributed by atoms with van der Waals surface area (Å²) in [5.41, 5.74) is 7.25. The first-order chi connectivity index (χ1) is 13.4. The van der Waals surface area contributed by atoms with Crippen LogP contribution in [0, 0.1) is 0 Å². The number of hydrogen-bond donors (Lipinski definition) is 2. The van der Waals surface area contributed by atoms with Crippen molar-refractivity contribution in [3.8, 4) is 0 Å². The molecule has 0 atom stereocenters. The number of nitrogens with one attached hydrogen (secondary N) is 2. The molecule has 2 aromatic carbocycles. The smallest absolute Gasteiger partial charge is 0.329 e. The summed E-state index contributed by atoms with van der Waals surface area (Å²) in [6.07, 6.45) is 0. The van der Waals surface area contributed by atoms with E-state index in [-0.39, 0.29) is 12.2 Å². The largest absolute Gasteiger partial charge is 0.378 e. The van der Waals surface area contributed by atoms with E-state index in [0.717, 1.165) is 11.2 Å². The average Bonchev–Trinajstić information content (AvgIpc) is 2.97. The molecule has 3 rings (SSSR count). The third-order valence-electron chi connectivity index (χ3n) is 4.48. The van der Waals surface area contributed by atoms with Crippen molar-refractivity contribution in [1.82, 2.24) is 20.0 Å². The fraction of sp³-hybridized carbons (Fsp3) is 0.250. The van der Waals surface area contributed by atoms with Gasteiger partial charge in [-0.1, -0.05) is 18.2 Å². The first-order valence-corrected chi connectivity index (χ1v) is 8.97. The Balaban J connectivity index is 1.71. The summed E-state index contributed by atoms with van der Waals surface area (Å²) >= 11 is 0. The van der Waals surface area contributed by atoms with Gasteiger partial charge in [0.05, 0.1) is 11.0 Å². The van der Waals surface area contributed by atoms with Gasteiger partial charge in [0.15, 0.2) is 0 Å². The van der Waals surface area contributed by atoms with Crippen LogP contribution in [0.15, 0.2) is 53.3 Å². The van der Waals surface area contributed by atoms with Crippen molar-refractivity contribution in [3.63, 3.8) is 0 Å². The van der Waals surface area contributed by atoms with E-state index >= 15 is 0 Å². The molecule has 28 heavy (non-hydrogen) atoms. The van der Waals surface area contributed by atoms with Crippen molar-refractivity contribution in [1.29, 1.82) is 0 Å². The Morgan fingerprint density at radius 2 is 1.64 bits per heavy atom. The third-order valence-corrected chi connectivity index (χ3v) is 4.48. The van der Waals surface area contributed by atoms with E-state index in [4.69, 9.17) is 0 Å². The highest BCUT2D eigenvalue weighted by Gasteiger charge is 2.15. The van der Waals surface area contributed by atoms with Crippen molar-refractivity contribution in [2.75, 3.05) is 19.0 Å². The minimum Gasteiger partial charge on any atom is -0.378 e. The summed E-state index contributed by atoms with van der Waals surface area (Å²) in [5, 5.41) is 0. The monoisotopic (exact) mass is 381 g/mol. The second-order valence-corrected chi connectivity index (χ2v) is 6.55. The van der Waals surface area contributed by atoms with Crippen LogP contribution >= 0.6 is 0 Å². The number of aromatic nitrogens is 2. The lowest BCUT2D eigenvalue weighted by molar-refractivity contribution is -0.122. The number of fused-ring (bicyclic) bond motifs is 1.